The lowest BCUT2D eigenvalue weighted by Gasteiger charge is -2.39. The van der Waals surface area contributed by atoms with Gasteiger partial charge in [-0.25, -0.2) is 19.3 Å². The summed E-state index contributed by atoms with van der Waals surface area (Å²) in [6.45, 7) is -0.0958. The van der Waals surface area contributed by atoms with E-state index in [0.29, 0.717) is 25.3 Å². The molecular weight excluding hydrogens is 594 g/mol. The van der Waals surface area contributed by atoms with E-state index in [4.69, 9.17) is 16.3 Å². The van der Waals surface area contributed by atoms with Gasteiger partial charge in [-0.1, -0.05) is 16.1 Å². The Morgan fingerprint density at radius 2 is 1.88 bits per heavy atom. The van der Waals surface area contributed by atoms with Gasteiger partial charge < -0.3 is 14.5 Å². The van der Waals surface area contributed by atoms with E-state index in [-0.39, 0.29) is 34.2 Å². The molecule has 3 atom stereocenters. The van der Waals surface area contributed by atoms with Crippen molar-refractivity contribution >= 4 is 33.9 Å². The van der Waals surface area contributed by atoms with Crippen LogP contribution in [-0.2, 0) is 25.8 Å². The highest BCUT2D eigenvalue weighted by Gasteiger charge is 2.38. The lowest BCUT2D eigenvalue weighted by molar-refractivity contribution is -0.137. The summed E-state index contributed by atoms with van der Waals surface area (Å²) < 4.78 is 87.0. The van der Waals surface area contributed by atoms with E-state index in [1.54, 1.807) is 14.1 Å². The topological polar surface area (TPSA) is 115 Å². The number of hydrogen-bond donors (Lipinski definition) is 0. The lowest BCUT2D eigenvalue weighted by Crippen LogP contribution is -2.46. The van der Waals surface area contributed by atoms with E-state index in [2.05, 4.69) is 19.8 Å². The third-order valence-corrected chi connectivity index (χ3v) is 8.63. The van der Waals surface area contributed by atoms with Gasteiger partial charge in [0.2, 0.25) is 5.88 Å². The maximum Gasteiger partial charge on any atom is 0.416 e. The van der Waals surface area contributed by atoms with Gasteiger partial charge >= 0.3 is 12.6 Å². The van der Waals surface area contributed by atoms with Crippen molar-refractivity contribution in [2.45, 2.75) is 48.4 Å². The Hall–Kier alpha value is -3.56. The van der Waals surface area contributed by atoms with Crippen molar-refractivity contribution in [1.29, 1.82) is 0 Å². The van der Waals surface area contributed by atoms with Crippen molar-refractivity contribution < 1.29 is 40.3 Å². The van der Waals surface area contributed by atoms with Gasteiger partial charge in [0.1, 0.15) is 23.1 Å². The Balaban J connectivity index is 1.55. The van der Waals surface area contributed by atoms with E-state index < -0.39 is 49.7 Å². The van der Waals surface area contributed by atoms with Crippen LogP contribution in [0.3, 0.4) is 0 Å². The van der Waals surface area contributed by atoms with Gasteiger partial charge in [0, 0.05) is 24.4 Å². The monoisotopic (exact) mass is 617 g/mol. The molecule has 3 aromatic rings. The molecule has 0 aliphatic heterocycles. The molecule has 0 unspecified atom stereocenters. The summed E-state index contributed by atoms with van der Waals surface area (Å²) in [6.07, 6.45) is -1.83. The second-order valence-corrected chi connectivity index (χ2v) is 11.5. The van der Waals surface area contributed by atoms with Crippen LogP contribution in [0.15, 0.2) is 53.8 Å². The molecular formula is C25H24ClF4N5O5S. The lowest BCUT2D eigenvalue weighted by atomic mass is 9.78. The highest BCUT2D eigenvalue weighted by atomic mass is 35.5. The predicted molar refractivity (Wildman–Crippen MR) is 138 cm³/mol. The first-order chi connectivity index (χ1) is 19.3. The number of pyridine rings is 1. The number of carbonyl (C=O) groups is 1. The fourth-order valence-corrected chi connectivity index (χ4v) is 6.31. The van der Waals surface area contributed by atoms with Gasteiger partial charge in [-0.05, 0) is 69.1 Å². The largest absolute Gasteiger partial charge is 0.473 e. The second kappa shape index (κ2) is 12.1. The first-order valence-corrected chi connectivity index (χ1v) is 13.9. The third-order valence-electron chi connectivity index (χ3n) is 6.63. The van der Waals surface area contributed by atoms with Crippen LogP contribution in [0.25, 0.3) is 0 Å². The molecule has 0 bridgehead atoms. The maximum absolute atomic E-state index is 14.6. The van der Waals surface area contributed by atoms with Crippen molar-refractivity contribution in [3.8, 4) is 5.88 Å². The standard InChI is InChI=1S/C25H24ClF4N5O5S/c1-34(2)19-11-15(17-12-16(25(28,29)30)4-5-18(17)27)3-6-20(19)40-23-8-7-21(24(26)33-23)41(37,38)35(39-14-36)22-9-10-31-13-32-22/h4-5,7-10,12-15,19-20H,3,6,11H2,1-2H3/t15-,19-,20-/m0/s1. The molecule has 0 N–H and O–H groups in total. The zero-order valence-electron chi connectivity index (χ0n) is 21.6. The van der Waals surface area contributed by atoms with Crippen LogP contribution >= 0.6 is 11.6 Å². The molecule has 1 aliphatic rings. The van der Waals surface area contributed by atoms with Crippen LogP contribution in [0.4, 0.5) is 23.4 Å². The number of rotatable bonds is 9. The Morgan fingerprint density at radius 3 is 2.49 bits per heavy atom. The number of ether oxygens (including phenoxy) is 1. The predicted octanol–water partition coefficient (Wildman–Crippen LogP) is 4.61. The SMILES string of the molecule is CN(C)[C@H]1C[C@@H](c2cc(C(F)(F)F)ccc2F)CC[C@@H]1Oc1ccc(S(=O)(=O)N(OC=O)c2ccncn2)c(Cl)n1. The van der Waals surface area contributed by atoms with Crippen LogP contribution in [0.1, 0.15) is 36.3 Å². The minimum atomic E-state index is -4.60. The van der Waals surface area contributed by atoms with E-state index in [1.807, 2.05) is 4.90 Å². The van der Waals surface area contributed by atoms with Gasteiger partial charge in [0.25, 0.3) is 10.0 Å². The molecule has 0 spiro atoms. The average Bonchev–Trinajstić information content (AvgIpc) is 2.92. The van der Waals surface area contributed by atoms with Crippen LogP contribution in [0.5, 0.6) is 5.88 Å². The average molecular weight is 618 g/mol. The summed E-state index contributed by atoms with van der Waals surface area (Å²) in [5.74, 6) is -1.47. The number of likely N-dealkylation sites (N-methyl/N-ethyl adjacent to an activating group) is 1. The third kappa shape index (κ3) is 6.68. The van der Waals surface area contributed by atoms with Crippen molar-refractivity contribution in [2.24, 2.45) is 0 Å². The molecule has 10 nitrogen and oxygen atoms in total. The van der Waals surface area contributed by atoms with Crippen molar-refractivity contribution in [3.05, 3.63) is 71.0 Å². The normalized spacial score (nSPS) is 19.6. The summed E-state index contributed by atoms with van der Waals surface area (Å²) >= 11 is 6.22. The minimum Gasteiger partial charge on any atom is -0.473 e. The first-order valence-electron chi connectivity index (χ1n) is 12.1. The molecule has 2 aromatic heterocycles. The van der Waals surface area contributed by atoms with E-state index in [1.165, 1.54) is 18.3 Å². The molecule has 2 heterocycles. The van der Waals surface area contributed by atoms with Gasteiger partial charge in [0.05, 0.1) is 5.56 Å². The quantitative estimate of drug-likeness (QED) is 0.147. The summed E-state index contributed by atoms with van der Waals surface area (Å²) in [5, 5.41) is -0.475. The molecule has 1 fully saturated rings. The maximum atomic E-state index is 14.6. The van der Waals surface area contributed by atoms with Crippen LogP contribution in [0, 0.1) is 5.82 Å². The molecule has 220 valence electrons. The zero-order valence-corrected chi connectivity index (χ0v) is 23.2. The zero-order chi connectivity index (χ0) is 29.9. The molecule has 1 aliphatic carbocycles. The number of benzene rings is 1. The molecule has 41 heavy (non-hydrogen) atoms. The number of sulfonamides is 1. The Kier molecular flexibility index (Phi) is 8.99. The number of hydrogen-bond acceptors (Lipinski definition) is 9. The summed E-state index contributed by atoms with van der Waals surface area (Å²) in [6, 6.07) is 5.64. The van der Waals surface area contributed by atoms with Crippen molar-refractivity contribution in [2.75, 3.05) is 18.6 Å². The minimum absolute atomic E-state index is 0.00774. The molecule has 1 aromatic carbocycles. The number of aromatic nitrogens is 3. The first kappa shape index (κ1) is 30.4. The second-order valence-electron chi connectivity index (χ2n) is 9.37. The number of alkyl halides is 3. The van der Waals surface area contributed by atoms with E-state index in [0.717, 1.165) is 24.5 Å². The number of nitrogens with zero attached hydrogens (tertiary/aromatic N) is 5. The van der Waals surface area contributed by atoms with Crippen molar-refractivity contribution in [1.82, 2.24) is 19.9 Å². The summed E-state index contributed by atoms with van der Waals surface area (Å²) in [4.78, 5) is 28.5. The van der Waals surface area contributed by atoms with Gasteiger partial charge in [-0.3, -0.25) is 4.79 Å². The van der Waals surface area contributed by atoms with Crippen LogP contribution in [-0.4, -0.2) is 61.0 Å². The molecule has 4 rings (SSSR count). The highest BCUT2D eigenvalue weighted by Crippen LogP contribution is 2.40. The fourth-order valence-electron chi connectivity index (χ4n) is 4.69. The summed E-state index contributed by atoms with van der Waals surface area (Å²) in [7, 11) is -1.04. The van der Waals surface area contributed by atoms with E-state index in [9.17, 15) is 30.8 Å². The van der Waals surface area contributed by atoms with Gasteiger partial charge in [-0.2, -0.15) is 21.6 Å². The smallest absolute Gasteiger partial charge is 0.416 e. The number of anilines is 1. The number of halogens is 5. The Bertz CT molecular complexity index is 1500. The molecule has 0 radical (unpaired) electrons. The molecule has 16 heteroatoms. The van der Waals surface area contributed by atoms with Crippen LogP contribution in [0.2, 0.25) is 5.15 Å². The van der Waals surface area contributed by atoms with E-state index >= 15 is 0 Å². The van der Waals surface area contributed by atoms with Gasteiger partial charge in [-0.15, -0.1) is 0 Å². The van der Waals surface area contributed by atoms with Gasteiger partial charge in [0.15, 0.2) is 11.0 Å². The molecule has 0 amide bonds. The summed E-state index contributed by atoms with van der Waals surface area (Å²) in [5.41, 5.74) is -0.925. The van der Waals surface area contributed by atoms with Crippen LogP contribution < -0.4 is 9.21 Å². The van der Waals surface area contributed by atoms with Crippen molar-refractivity contribution in [3.63, 3.8) is 0 Å². The fraction of sp³-hybridized carbons (Fsp3) is 0.360. The Morgan fingerprint density at radius 1 is 1.12 bits per heavy atom. The number of carbonyl (C=O) groups excluding carboxylic acids is 1. The molecule has 0 saturated heterocycles. The Labute approximate surface area is 237 Å². The molecule has 1 saturated carbocycles. The highest BCUT2D eigenvalue weighted by molar-refractivity contribution is 7.92.